The van der Waals surface area contributed by atoms with Gasteiger partial charge in [-0.25, -0.2) is 4.79 Å². The van der Waals surface area contributed by atoms with E-state index in [1.165, 1.54) is 10.6 Å². The number of carbonyl (C=O) groups excluding carboxylic acids is 1. The third-order valence-electron chi connectivity index (χ3n) is 5.12. The molecule has 1 aliphatic rings. The largest absolute Gasteiger partial charge is 0.462 e. The summed E-state index contributed by atoms with van der Waals surface area (Å²) in [5.74, 6) is -0.321. The number of anilines is 2. The number of aryl methyl sites for hydroxylation is 1. The third kappa shape index (κ3) is 4.39. The highest BCUT2D eigenvalue weighted by atomic mass is 16.5. The maximum Gasteiger partial charge on any atom is 0.338 e. The first-order valence-corrected chi connectivity index (χ1v) is 10.0. The Bertz CT molecular complexity index is 1010. The molecule has 29 heavy (non-hydrogen) atoms. The molecule has 0 bridgehead atoms. The SMILES string of the molecule is CCOC(=O)c1ccc2nc(C)cc(Nc3ccc([NH+]4CCOCC4)cc3)c2c1. The lowest BCUT2D eigenvalue weighted by Gasteiger charge is -2.23. The van der Waals surface area contributed by atoms with E-state index in [0.29, 0.717) is 12.2 Å². The number of pyridine rings is 1. The minimum absolute atomic E-state index is 0.321. The van der Waals surface area contributed by atoms with E-state index in [0.717, 1.165) is 54.3 Å². The lowest BCUT2D eigenvalue weighted by Crippen LogP contribution is -3.09. The molecule has 1 aliphatic heterocycles. The fourth-order valence-corrected chi connectivity index (χ4v) is 3.65. The molecule has 0 atom stereocenters. The first kappa shape index (κ1) is 19.4. The van der Waals surface area contributed by atoms with Gasteiger partial charge >= 0.3 is 5.97 Å². The van der Waals surface area contributed by atoms with Crippen molar-refractivity contribution in [1.29, 1.82) is 0 Å². The fraction of sp³-hybridized carbons (Fsp3) is 0.304. The van der Waals surface area contributed by atoms with Crippen molar-refractivity contribution in [1.82, 2.24) is 4.98 Å². The van der Waals surface area contributed by atoms with Crippen LogP contribution >= 0.6 is 0 Å². The summed E-state index contributed by atoms with van der Waals surface area (Å²) in [6, 6.07) is 16.0. The van der Waals surface area contributed by atoms with E-state index in [1.807, 2.05) is 25.1 Å². The van der Waals surface area contributed by atoms with Crippen LogP contribution in [-0.4, -0.2) is 43.9 Å². The highest BCUT2D eigenvalue weighted by molar-refractivity contribution is 5.99. The van der Waals surface area contributed by atoms with Gasteiger partial charge in [-0.2, -0.15) is 0 Å². The molecule has 6 heteroatoms. The molecule has 2 aromatic carbocycles. The number of nitrogens with zero attached hydrogens (tertiary/aromatic N) is 1. The Morgan fingerprint density at radius 2 is 1.90 bits per heavy atom. The number of carbonyl (C=O) groups is 1. The summed E-state index contributed by atoms with van der Waals surface area (Å²) in [5.41, 5.74) is 5.48. The molecule has 4 rings (SSSR count). The number of quaternary nitrogens is 1. The van der Waals surface area contributed by atoms with Crippen LogP contribution in [0.3, 0.4) is 0 Å². The molecule has 0 unspecified atom stereocenters. The number of ether oxygens (including phenoxy) is 2. The van der Waals surface area contributed by atoms with E-state index in [-0.39, 0.29) is 5.97 Å². The van der Waals surface area contributed by atoms with Crippen molar-refractivity contribution >= 4 is 33.9 Å². The molecule has 0 radical (unpaired) electrons. The second-order valence-electron chi connectivity index (χ2n) is 7.18. The molecule has 3 aromatic rings. The molecule has 0 saturated carbocycles. The van der Waals surface area contributed by atoms with E-state index >= 15 is 0 Å². The molecule has 0 amide bonds. The summed E-state index contributed by atoms with van der Waals surface area (Å²) in [5, 5.41) is 4.38. The van der Waals surface area contributed by atoms with E-state index in [9.17, 15) is 4.79 Å². The van der Waals surface area contributed by atoms with Gasteiger partial charge in [0.15, 0.2) is 0 Å². The number of rotatable bonds is 5. The number of nitrogens with one attached hydrogen (secondary N) is 2. The monoisotopic (exact) mass is 392 g/mol. The smallest absolute Gasteiger partial charge is 0.338 e. The lowest BCUT2D eigenvalue weighted by molar-refractivity contribution is -0.842. The quantitative estimate of drug-likeness (QED) is 0.654. The zero-order valence-corrected chi connectivity index (χ0v) is 16.8. The minimum Gasteiger partial charge on any atom is -0.462 e. The van der Waals surface area contributed by atoms with Gasteiger partial charge in [0.25, 0.3) is 0 Å². The fourth-order valence-electron chi connectivity index (χ4n) is 3.65. The molecule has 6 nitrogen and oxygen atoms in total. The average molecular weight is 392 g/mol. The third-order valence-corrected chi connectivity index (χ3v) is 5.12. The molecule has 0 spiro atoms. The molecular formula is C23H26N3O3+. The van der Waals surface area contributed by atoms with Crippen molar-refractivity contribution in [2.75, 3.05) is 38.2 Å². The standard InChI is InChI=1S/C23H25N3O3/c1-3-29-23(27)17-4-9-21-20(15-17)22(14-16(2)24-21)25-18-5-7-19(8-6-18)26-10-12-28-13-11-26/h4-9,14-15H,3,10-13H2,1-2H3,(H,24,25)/p+1. The number of morpholine rings is 1. The van der Waals surface area contributed by atoms with Gasteiger partial charge in [0.1, 0.15) is 18.8 Å². The first-order chi connectivity index (χ1) is 14.1. The zero-order chi connectivity index (χ0) is 20.2. The number of benzene rings is 2. The second-order valence-corrected chi connectivity index (χ2v) is 7.18. The number of hydrogen-bond donors (Lipinski definition) is 2. The normalized spacial score (nSPS) is 14.7. The maximum absolute atomic E-state index is 12.1. The van der Waals surface area contributed by atoms with Crippen molar-refractivity contribution in [3.8, 4) is 0 Å². The van der Waals surface area contributed by atoms with E-state index in [4.69, 9.17) is 9.47 Å². The van der Waals surface area contributed by atoms with Crippen LogP contribution in [0.25, 0.3) is 10.9 Å². The first-order valence-electron chi connectivity index (χ1n) is 10.0. The molecule has 2 heterocycles. The number of esters is 1. The maximum atomic E-state index is 12.1. The summed E-state index contributed by atoms with van der Waals surface area (Å²) in [6.07, 6.45) is 0. The van der Waals surface area contributed by atoms with Gasteiger partial charge in [0.05, 0.1) is 30.9 Å². The number of aromatic nitrogens is 1. The highest BCUT2D eigenvalue weighted by Gasteiger charge is 2.16. The molecule has 150 valence electrons. The van der Waals surface area contributed by atoms with Crippen LogP contribution in [0.5, 0.6) is 0 Å². The molecule has 0 aliphatic carbocycles. The predicted octanol–water partition coefficient (Wildman–Crippen LogP) is 3.01. The van der Waals surface area contributed by atoms with Crippen molar-refractivity contribution in [3.05, 3.63) is 59.8 Å². The topological polar surface area (TPSA) is 64.9 Å². The molecular weight excluding hydrogens is 366 g/mol. The molecule has 1 saturated heterocycles. The molecule has 1 fully saturated rings. The Balaban J connectivity index is 1.62. The van der Waals surface area contributed by atoms with Crippen LogP contribution in [0, 0.1) is 6.92 Å². The summed E-state index contributed by atoms with van der Waals surface area (Å²) in [7, 11) is 0. The summed E-state index contributed by atoms with van der Waals surface area (Å²) in [4.78, 5) is 18.2. The van der Waals surface area contributed by atoms with Crippen LogP contribution in [-0.2, 0) is 9.47 Å². The second kappa shape index (κ2) is 8.59. The number of hydrogen-bond acceptors (Lipinski definition) is 5. The van der Waals surface area contributed by atoms with Gasteiger partial charge in [-0.3, -0.25) is 9.88 Å². The van der Waals surface area contributed by atoms with Gasteiger partial charge in [-0.1, -0.05) is 0 Å². The van der Waals surface area contributed by atoms with Crippen LogP contribution in [0.2, 0.25) is 0 Å². The van der Waals surface area contributed by atoms with Gasteiger partial charge in [-0.05, 0) is 50.2 Å². The van der Waals surface area contributed by atoms with Gasteiger partial charge < -0.3 is 14.8 Å². The average Bonchev–Trinajstić information content (AvgIpc) is 2.75. The van der Waals surface area contributed by atoms with Gasteiger partial charge in [-0.15, -0.1) is 0 Å². The lowest BCUT2D eigenvalue weighted by atomic mass is 10.1. The Morgan fingerprint density at radius 3 is 2.62 bits per heavy atom. The summed E-state index contributed by atoms with van der Waals surface area (Å²) in [6.45, 7) is 7.73. The van der Waals surface area contributed by atoms with Crippen LogP contribution in [0.15, 0.2) is 48.5 Å². The molecule has 1 aromatic heterocycles. The van der Waals surface area contributed by atoms with Crippen molar-refractivity contribution in [3.63, 3.8) is 0 Å². The van der Waals surface area contributed by atoms with Crippen LogP contribution in [0.4, 0.5) is 17.1 Å². The molecule has 2 N–H and O–H groups in total. The summed E-state index contributed by atoms with van der Waals surface area (Å²) >= 11 is 0. The Kier molecular flexibility index (Phi) is 5.74. The van der Waals surface area contributed by atoms with Crippen LogP contribution < -0.4 is 10.2 Å². The zero-order valence-electron chi connectivity index (χ0n) is 16.8. The Hall–Kier alpha value is -2.96. The predicted molar refractivity (Wildman–Crippen MR) is 113 cm³/mol. The minimum atomic E-state index is -0.321. The van der Waals surface area contributed by atoms with E-state index < -0.39 is 0 Å². The highest BCUT2D eigenvalue weighted by Crippen LogP contribution is 2.28. The van der Waals surface area contributed by atoms with Crippen molar-refractivity contribution < 1.29 is 19.2 Å². The van der Waals surface area contributed by atoms with Crippen molar-refractivity contribution in [2.45, 2.75) is 13.8 Å². The Labute approximate surface area is 170 Å². The van der Waals surface area contributed by atoms with E-state index in [2.05, 4.69) is 34.6 Å². The van der Waals surface area contributed by atoms with Crippen LogP contribution in [0.1, 0.15) is 23.0 Å². The van der Waals surface area contributed by atoms with E-state index in [1.54, 1.807) is 13.0 Å². The van der Waals surface area contributed by atoms with Gasteiger partial charge in [0, 0.05) is 34.6 Å². The van der Waals surface area contributed by atoms with Gasteiger partial charge in [0.2, 0.25) is 0 Å². The van der Waals surface area contributed by atoms with Crippen molar-refractivity contribution in [2.24, 2.45) is 0 Å². The Morgan fingerprint density at radius 1 is 1.14 bits per heavy atom. The number of fused-ring (bicyclic) bond motifs is 1. The summed E-state index contributed by atoms with van der Waals surface area (Å²) < 4.78 is 10.6.